The molecule has 2 aromatic heterocycles. The third-order valence-corrected chi connectivity index (χ3v) is 5.47. The number of imide groups is 1. The SMILES string of the molecule is CCN1C(=O)CC(Nc2ccc(Oc3cccc(C#N)n3)cn2)N(Cc2ccc(Cl)cc2)C1=O. The number of hydrogen-bond donors (Lipinski definition) is 1. The van der Waals surface area contributed by atoms with E-state index in [0.29, 0.717) is 29.7 Å². The number of rotatable bonds is 7. The lowest BCUT2D eigenvalue weighted by Crippen LogP contribution is -2.58. The standard InChI is InChI=1S/C24H21ClN6O3/c1-2-30-23(32)12-21(31(24(30)33)15-16-6-8-17(25)9-7-16)29-20-11-10-19(14-27-20)34-22-5-3-4-18(13-26)28-22/h3-11,14,21H,2,12,15H2,1H3,(H,27,29). The van der Waals surface area contributed by atoms with Gasteiger partial charge < -0.3 is 10.1 Å². The molecule has 3 heterocycles. The molecule has 1 aliphatic rings. The van der Waals surface area contributed by atoms with Crippen LogP contribution in [0.5, 0.6) is 11.6 Å². The second-order valence-electron chi connectivity index (χ2n) is 7.49. The van der Waals surface area contributed by atoms with E-state index in [-0.39, 0.29) is 29.9 Å². The number of urea groups is 1. The predicted octanol–water partition coefficient (Wildman–Crippen LogP) is 4.41. The van der Waals surface area contributed by atoms with Gasteiger partial charge in [-0.1, -0.05) is 29.8 Å². The van der Waals surface area contributed by atoms with Crippen molar-refractivity contribution >= 4 is 29.4 Å². The van der Waals surface area contributed by atoms with Gasteiger partial charge in [-0.15, -0.1) is 0 Å². The van der Waals surface area contributed by atoms with Gasteiger partial charge >= 0.3 is 6.03 Å². The molecule has 3 amide bonds. The second-order valence-corrected chi connectivity index (χ2v) is 7.93. The van der Waals surface area contributed by atoms with Gasteiger partial charge in [-0.3, -0.25) is 14.6 Å². The van der Waals surface area contributed by atoms with Crippen LogP contribution in [0.3, 0.4) is 0 Å². The number of nitriles is 1. The maximum atomic E-state index is 13.0. The number of carbonyl (C=O) groups is 2. The van der Waals surface area contributed by atoms with Crippen LogP contribution in [0.1, 0.15) is 24.6 Å². The van der Waals surface area contributed by atoms with E-state index in [1.54, 1.807) is 54.3 Å². The fourth-order valence-electron chi connectivity index (χ4n) is 3.54. The van der Waals surface area contributed by atoms with Crippen molar-refractivity contribution in [2.24, 2.45) is 0 Å². The number of anilines is 1. The molecule has 4 rings (SSSR count). The molecule has 0 bridgehead atoms. The molecule has 0 aliphatic carbocycles. The molecule has 1 fully saturated rings. The maximum absolute atomic E-state index is 13.0. The van der Waals surface area contributed by atoms with Crippen LogP contribution in [0.4, 0.5) is 10.6 Å². The highest BCUT2D eigenvalue weighted by atomic mass is 35.5. The lowest BCUT2D eigenvalue weighted by molar-refractivity contribution is -0.132. The minimum Gasteiger partial charge on any atom is -0.437 e. The van der Waals surface area contributed by atoms with Gasteiger partial charge in [-0.05, 0) is 42.8 Å². The summed E-state index contributed by atoms with van der Waals surface area (Å²) in [5.41, 5.74) is 1.14. The molecule has 0 spiro atoms. The molecule has 172 valence electrons. The molecule has 1 aromatic carbocycles. The van der Waals surface area contributed by atoms with E-state index in [4.69, 9.17) is 21.6 Å². The Bertz CT molecular complexity index is 1230. The van der Waals surface area contributed by atoms with Crippen molar-refractivity contribution in [3.8, 4) is 17.7 Å². The van der Waals surface area contributed by atoms with E-state index in [0.717, 1.165) is 5.56 Å². The van der Waals surface area contributed by atoms with E-state index in [1.807, 2.05) is 18.2 Å². The molecule has 1 N–H and O–H groups in total. The van der Waals surface area contributed by atoms with Crippen LogP contribution < -0.4 is 10.1 Å². The normalized spacial score (nSPS) is 15.7. The number of ether oxygens (including phenoxy) is 1. The average Bonchev–Trinajstić information content (AvgIpc) is 2.84. The van der Waals surface area contributed by atoms with Crippen LogP contribution in [-0.4, -0.2) is 44.4 Å². The van der Waals surface area contributed by atoms with E-state index in [2.05, 4.69) is 15.3 Å². The summed E-state index contributed by atoms with van der Waals surface area (Å²) in [5, 5.41) is 12.8. The highest BCUT2D eigenvalue weighted by Crippen LogP contribution is 2.24. The summed E-state index contributed by atoms with van der Waals surface area (Å²) >= 11 is 5.98. The van der Waals surface area contributed by atoms with Gasteiger partial charge in [0, 0.05) is 24.2 Å². The molecule has 1 atom stereocenters. The Kier molecular flexibility index (Phi) is 6.90. The number of benzene rings is 1. The first-order valence-electron chi connectivity index (χ1n) is 10.6. The number of pyridine rings is 2. The Balaban J connectivity index is 1.50. The van der Waals surface area contributed by atoms with E-state index < -0.39 is 6.17 Å². The highest BCUT2D eigenvalue weighted by Gasteiger charge is 2.38. The van der Waals surface area contributed by atoms with Crippen molar-refractivity contribution < 1.29 is 14.3 Å². The van der Waals surface area contributed by atoms with Crippen molar-refractivity contribution in [3.63, 3.8) is 0 Å². The zero-order chi connectivity index (χ0) is 24.1. The van der Waals surface area contributed by atoms with Crippen molar-refractivity contribution in [1.82, 2.24) is 19.8 Å². The molecule has 0 radical (unpaired) electrons. The fourth-order valence-corrected chi connectivity index (χ4v) is 3.66. The summed E-state index contributed by atoms with van der Waals surface area (Å²) in [5.74, 6) is 0.932. The van der Waals surface area contributed by atoms with Gasteiger partial charge in [0.15, 0.2) is 0 Å². The van der Waals surface area contributed by atoms with E-state index in [1.165, 1.54) is 11.1 Å². The Labute approximate surface area is 201 Å². The molecule has 1 aliphatic heterocycles. The van der Waals surface area contributed by atoms with Gasteiger partial charge in [0.2, 0.25) is 11.8 Å². The topological polar surface area (TPSA) is 111 Å². The number of carbonyl (C=O) groups excluding carboxylic acids is 2. The van der Waals surface area contributed by atoms with Crippen LogP contribution in [0.15, 0.2) is 60.8 Å². The zero-order valence-electron chi connectivity index (χ0n) is 18.3. The molecular formula is C24H21ClN6O3. The summed E-state index contributed by atoms with van der Waals surface area (Å²) in [7, 11) is 0. The molecule has 9 nitrogen and oxygen atoms in total. The molecular weight excluding hydrogens is 456 g/mol. The highest BCUT2D eigenvalue weighted by molar-refractivity contribution is 6.30. The maximum Gasteiger partial charge on any atom is 0.328 e. The van der Waals surface area contributed by atoms with E-state index >= 15 is 0 Å². The summed E-state index contributed by atoms with van der Waals surface area (Å²) in [4.78, 5) is 36.8. The van der Waals surface area contributed by atoms with Crippen molar-refractivity contribution in [3.05, 3.63) is 77.1 Å². The third kappa shape index (κ3) is 5.24. The molecule has 10 heteroatoms. The largest absolute Gasteiger partial charge is 0.437 e. The monoisotopic (exact) mass is 476 g/mol. The van der Waals surface area contributed by atoms with Crippen molar-refractivity contribution in [2.75, 3.05) is 11.9 Å². The molecule has 3 aromatic rings. The minimum absolute atomic E-state index is 0.109. The van der Waals surface area contributed by atoms with E-state index in [9.17, 15) is 9.59 Å². The quantitative estimate of drug-likeness (QED) is 0.537. The molecule has 34 heavy (non-hydrogen) atoms. The lowest BCUT2D eigenvalue weighted by atomic mass is 10.1. The Morgan fingerprint density at radius 1 is 1.18 bits per heavy atom. The number of nitrogens with zero attached hydrogens (tertiary/aromatic N) is 5. The van der Waals surface area contributed by atoms with Gasteiger partial charge in [-0.2, -0.15) is 5.26 Å². The zero-order valence-corrected chi connectivity index (χ0v) is 19.1. The second kappa shape index (κ2) is 10.2. The molecule has 0 saturated carbocycles. The minimum atomic E-state index is -0.577. The average molecular weight is 477 g/mol. The van der Waals surface area contributed by atoms with Gasteiger partial charge in [0.05, 0.1) is 12.6 Å². The van der Waals surface area contributed by atoms with Crippen LogP contribution in [0.25, 0.3) is 0 Å². The van der Waals surface area contributed by atoms with Crippen LogP contribution in [-0.2, 0) is 11.3 Å². The van der Waals surface area contributed by atoms with Gasteiger partial charge in [0.25, 0.3) is 0 Å². The van der Waals surface area contributed by atoms with Crippen molar-refractivity contribution in [1.29, 1.82) is 5.26 Å². The number of nitrogens with one attached hydrogen (secondary N) is 1. The van der Waals surface area contributed by atoms with Crippen LogP contribution in [0.2, 0.25) is 5.02 Å². The molecule has 1 saturated heterocycles. The Morgan fingerprint density at radius 2 is 1.97 bits per heavy atom. The summed E-state index contributed by atoms with van der Waals surface area (Å²) in [6.45, 7) is 2.37. The lowest BCUT2D eigenvalue weighted by Gasteiger charge is -2.40. The Hall–Kier alpha value is -4.16. The first kappa shape index (κ1) is 23.0. The first-order chi connectivity index (χ1) is 16.5. The first-order valence-corrected chi connectivity index (χ1v) is 11.0. The summed E-state index contributed by atoms with van der Waals surface area (Å²) in [6.07, 6.45) is 1.03. The van der Waals surface area contributed by atoms with Gasteiger partial charge in [0.1, 0.15) is 29.5 Å². The fraction of sp³-hybridized carbons (Fsp3) is 0.208. The summed E-state index contributed by atoms with van der Waals surface area (Å²) < 4.78 is 5.65. The Morgan fingerprint density at radius 3 is 2.65 bits per heavy atom. The van der Waals surface area contributed by atoms with Crippen molar-refractivity contribution in [2.45, 2.75) is 26.1 Å². The van der Waals surface area contributed by atoms with Crippen LogP contribution in [0, 0.1) is 11.3 Å². The predicted molar refractivity (Wildman–Crippen MR) is 125 cm³/mol. The number of aromatic nitrogens is 2. The summed E-state index contributed by atoms with van der Waals surface area (Å²) in [6, 6.07) is 17.1. The van der Waals surface area contributed by atoms with Gasteiger partial charge in [-0.25, -0.2) is 14.8 Å². The molecule has 1 unspecified atom stereocenters. The smallest absolute Gasteiger partial charge is 0.328 e. The number of halogens is 1. The number of amides is 3. The van der Waals surface area contributed by atoms with Crippen LogP contribution >= 0.6 is 11.6 Å². The third-order valence-electron chi connectivity index (χ3n) is 5.22. The number of hydrogen-bond acceptors (Lipinski definition) is 7.